The minimum atomic E-state index is -1.12. The first-order chi connectivity index (χ1) is 23.1. The molecule has 0 amide bonds. The van der Waals surface area contributed by atoms with E-state index >= 15 is 0 Å². The molecule has 0 heterocycles. The summed E-state index contributed by atoms with van der Waals surface area (Å²) < 4.78 is 36.0. The molecule has 0 aliphatic carbocycles. The highest BCUT2D eigenvalue weighted by Crippen LogP contribution is 2.21. The molecule has 0 aromatic rings. The second-order valence-electron chi connectivity index (χ2n) is 9.81. The van der Waals surface area contributed by atoms with E-state index in [1.165, 1.54) is 0 Å². The summed E-state index contributed by atoms with van der Waals surface area (Å²) in [5.41, 5.74) is 14.6. The summed E-state index contributed by atoms with van der Waals surface area (Å²) in [5.74, 6) is -1.06. The van der Waals surface area contributed by atoms with Gasteiger partial charge in [-0.15, -0.1) is 0 Å². The van der Waals surface area contributed by atoms with Gasteiger partial charge in [0.1, 0.15) is 53.6 Å². The van der Waals surface area contributed by atoms with Crippen LogP contribution in [0.4, 0.5) is 0 Å². The quantitative estimate of drug-likeness (QED) is 0.0140. The van der Waals surface area contributed by atoms with Crippen LogP contribution in [0, 0.1) is 21.6 Å². The van der Waals surface area contributed by atoms with Gasteiger partial charge in [0.05, 0.1) is 52.9 Å². The SMILES string of the molecule is C=C(CCOC(C(COCCC(=N)NO)OCCC(=N)NO)C(OCCC(=N)NO)C(COCC/C(N)=N/O)OCCC(=N)NO)NO. The van der Waals surface area contributed by atoms with Crippen LogP contribution in [0.15, 0.2) is 17.4 Å². The minimum absolute atomic E-state index is 0.00670. The van der Waals surface area contributed by atoms with Gasteiger partial charge in [-0.2, -0.15) is 0 Å². The molecule has 0 spiro atoms. The number of hydrogen-bond donors (Lipinski definition) is 16. The van der Waals surface area contributed by atoms with E-state index in [2.05, 4.69) is 11.7 Å². The molecule has 48 heavy (non-hydrogen) atoms. The topological polar surface area (TPSA) is 371 Å². The highest BCUT2D eigenvalue weighted by atomic mass is 16.6. The van der Waals surface area contributed by atoms with Crippen LogP contribution in [-0.4, -0.2) is 138 Å². The zero-order valence-corrected chi connectivity index (χ0v) is 26.6. The van der Waals surface area contributed by atoms with Crippen LogP contribution >= 0.6 is 0 Å². The largest absolute Gasteiger partial charge is 0.409 e. The molecule has 17 N–H and O–H groups in total. The molecule has 0 radical (unpaired) electrons. The highest BCUT2D eigenvalue weighted by Gasteiger charge is 2.39. The van der Waals surface area contributed by atoms with Crippen LogP contribution < -0.4 is 33.1 Å². The maximum absolute atomic E-state index is 9.22. The molecule has 23 heteroatoms. The van der Waals surface area contributed by atoms with Crippen molar-refractivity contribution in [1.29, 1.82) is 21.6 Å². The van der Waals surface area contributed by atoms with E-state index in [0.29, 0.717) is 0 Å². The van der Waals surface area contributed by atoms with Gasteiger partial charge in [-0.3, -0.25) is 75.1 Å². The molecule has 0 aromatic carbocycles. The van der Waals surface area contributed by atoms with Crippen molar-refractivity contribution >= 4 is 29.2 Å². The van der Waals surface area contributed by atoms with Gasteiger partial charge in [-0.1, -0.05) is 11.7 Å². The summed E-state index contributed by atoms with van der Waals surface area (Å²) in [6.45, 7) is 2.79. The maximum atomic E-state index is 9.22. The van der Waals surface area contributed by atoms with E-state index in [4.69, 9.17) is 81.8 Å². The van der Waals surface area contributed by atoms with Gasteiger partial charge in [-0.25, -0.2) is 0 Å². The second-order valence-corrected chi connectivity index (χ2v) is 9.81. The summed E-state index contributed by atoms with van der Waals surface area (Å²) in [6, 6.07) is 0. The Morgan fingerprint density at radius 3 is 1.29 bits per heavy atom. The fraction of sp³-hybridized carbons (Fsp3) is 0.720. The number of hydroxylamine groups is 5. The Bertz CT molecular complexity index is 979. The van der Waals surface area contributed by atoms with Gasteiger partial charge >= 0.3 is 0 Å². The normalized spacial score (nSPS) is 13.9. The molecule has 0 aliphatic heterocycles. The van der Waals surface area contributed by atoms with Gasteiger partial charge in [0, 0.05) is 44.2 Å². The van der Waals surface area contributed by atoms with Crippen molar-refractivity contribution in [2.24, 2.45) is 10.9 Å². The van der Waals surface area contributed by atoms with Crippen molar-refractivity contribution < 1.29 is 59.7 Å². The lowest BCUT2D eigenvalue weighted by atomic mass is 10.0. The zero-order chi connectivity index (χ0) is 36.2. The molecule has 0 rings (SSSR count). The van der Waals surface area contributed by atoms with E-state index in [9.17, 15) is 5.21 Å². The molecule has 4 atom stereocenters. The van der Waals surface area contributed by atoms with Crippen LogP contribution in [0.1, 0.15) is 38.5 Å². The fourth-order valence-electron chi connectivity index (χ4n) is 3.62. The van der Waals surface area contributed by atoms with Crippen molar-refractivity contribution in [2.45, 2.75) is 62.9 Å². The first-order valence-electron chi connectivity index (χ1n) is 14.6. The number of nitrogens with one attached hydrogen (secondary N) is 9. The molecule has 0 fully saturated rings. The van der Waals surface area contributed by atoms with Crippen LogP contribution in [0.2, 0.25) is 0 Å². The molecule has 0 saturated carbocycles. The van der Waals surface area contributed by atoms with Gasteiger partial charge in [0.2, 0.25) is 0 Å². The van der Waals surface area contributed by atoms with E-state index in [-0.39, 0.29) is 126 Å². The summed E-state index contributed by atoms with van der Waals surface area (Å²) in [6.07, 6.45) is -4.25. The number of nitrogens with two attached hydrogens (primary N) is 1. The molecule has 0 aliphatic rings. The molecule has 278 valence electrons. The average Bonchev–Trinajstić information content (AvgIpc) is 3.10. The molecule has 23 nitrogen and oxygen atoms in total. The summed E-state index contributed by atoms with van der Waals surface area (Å²) in [5, 5.41) is 87.8. The zero-order valence-electron chi connectivity index (χ0n) is 26.6. The van der Waals surface area contributed by atoms with Gasteiger partial charge in [0.25, 0.3) is 0 Å². The Labute approximate surface area is 277 Å². The Morgan fingerprint density at radius 2 is 0.917 bits per heavy atom. The Balaban J connectivity index is 6.62. The van der Waals surface area contributed by atoms with E-state index < -0.39 is 24.4 Å². The molecule has 0 aromatic heterocycles. The Hall–Kier alpha value is -3.75. The third-order valence-electron chi connectivity index (χ3n) is 6.19. The molecule has 0 bridgehead atoms. The van der Waals surface area contributed by atoms with Crippen LogP contribution in [-0.2, 0) is 28.4 Å². The van der Waals surface area contributed by atoms with E-state index in [1.54, 1.807) is 21.9 Å². The molecule has 0 saturated heterocycles. The van der Waals surface area contributed by atoms with Crippen LogP contribution in [0.3, 0.4) is 0 Å². The molecular weight excluding hydrogens is 646 g/mol. The first-order valence-corrected chi connectivity index (χ1v) is 14.6. The van der Waals surface area contributed by atoms with Crippen molar-refractivity contribution in [1.82, 2.24) is 27.4 Å². The summed E-state index contributed by atoms with van der Waals surface area (Å²) in [7, 11) is 0. The lowest BCUT2D eigenvalue weighted by Crippen LogP contribution is -2.53. The number of oxime groups is 1. The van der Waals surface area contributed by atoms with Crippen LogP contribution in [0.5, 0.6) is 0 Å². The second kappa shape index (κ2) is 28.3. The minimum Gasteiger partial charge on any atom is -0.409 e. The number of ether oxygens (including phenoxy) is 6. The number of amidine groups is 5. The van der Waals surface area contributed by atoms with E-state index in [0.717, 1.165) is 0 Å². The summed E-state index contributed by atoms with van der Waals surface area (Å²) in [4.78, 5) is 0. The fourth-order valence-corrected chi connectivity index (χ4v) is 3.62. The van der Waals surface area contributed by atoms with Crippen molar-refractivity contribution in [3.05, 3.63) is 12.3 Å². The van der Waals surface area contributed by atoms with Gasteiger partial charge in [0.15, 0.2) is 0 Å². The van der Waals surface area contributed by atoms with Crippen molar-refractivity contribution in [3.63, 3.8) is 0 Å². The highest BCUT2D eigenvalue weighted by molar-refractivity contribution is 5.79. The molecule has 4 unspecified atom stereocenters. The lowest BCUT2D eigenvalue weighted by molar-refractivity contribution is -0.195. The average molecular weight is 698 g/mol. The van der Waals surface area contributed by atoms with Crippen molar-refractivity contribution in [3.8, 4) is 0 Å². The first kappa shape index (κ1) is 44.2. The van der Waals surface area contributed by atoms with Crippen molar-refractivity contribution in [2.75, 3.05) is 52.9 Å². The number of nitrogens with zero attached hydrogens (tertiary/aromatic N) is 1. The van der Waals surface area contributed by atoms with Crippen LogP contribution in [0.25, 0.3) is 0 Å². The monoisotopic (exact) mass is 697 g/mol. The third-order valence-corrected chi connectivity index (χ3v) is 6.19. The number of hydrogen-bond acceptors (Lipinski definition) is 18. The maximum Gasteiger partial charge on any atom is 0.141 e. The predicted molar refractivity (Wildman–Crippen MR) is 166 cm³/mol. The lowest BCUT2D eigenvalue weighted by Gasteiger charge is -2.37. The van der Waals surface area contributed by atoms with Gasteiger partial charge in [-0.05, 0) is 0 Å². The molecular formula is C25H51N11O12. The smallest absolute Gasteiger partial charge is 0.141 e. The number of rotatable bonds is 30. The third kappa shape index (κ3) is 21.2. The predicted octanol–water partition coefficient (Wildman–Crippen LogP) is -1.04. The Morgan fingerprint density at radius 1 is 0.562 bits per heavy atom. The Kier molecular flexibility index (Phi) is 26.1. The summed E-state index contributed by atoms with van der Waals surface area (Å²) >= 11 is 0. The van der Waals surface area contributed by atoms with E-state index in [1.807, 2.05) is 5.48 Å². The van der Waals surface area contributed by atoms with Gasteiger partial charge < -0.3 is 39.4 Å². The standard InChI is InChI=1S/C25H51N11O12/c1-16(31-37)2-10-47-24(17(45-11-5-21(28)34-40)14-43-8-3-19(26)32-38)25(48-13-7-23(30)36-42)18(46-12-6-22(29)35-41)15-44-9-4-20(27)33-39/h17-18,24-25,31,37-42H,1-15H2,(H2,26,32)(H2,27,33)(H2,28,34)(H2,29,35)(H2,30,36).